The number of nitro benzene ring substituents is 1. The summed E-state index contributed by atoms with van der Waals surface area (Å²) in [6.45, 7) is 0.587. The molecule has 0 saturated carbocycles. The third-order valence-corrected chi connectivity index (χ3v) is 4.06. The van der Waals surface area contributed by atoms with Crippen LogP contribution in [0.5, 0.6) is 5.75 Å². The van der Waals surface area contributed by atoms with Gasteiger partial charge in [0.1, 0.15) is 5.75 Å². The van der Waals surface area contributed by atoms with E-state index >= 15 is 0 Å². The summed E-state index contributed by atoms with van der Waals surface area (Å²) >= 11 is 0. The summed E-state index contributed by atoms with van der Waals surface area (Å²) in [5.74, 6) is 0.571. The Balaban J connectivity index is 1.86. The molecule has 0 radical (unpaired) electrons. The van der Waals surface area contributed by atoms with Crippen molar-refractivity contribution in [2.45, 2.75) is 13.2 Å². The minimum absolute atomic E-state index is 0.0341. The lowest BCUT2D eigenvalue weighted by atomic mass is 10.1. The monoisotopic (exact) mass is 339 g/mol. The highest BCUT2D eigenvalue weighted by Crippen LogP contribution is 2.33. The fraction of sp³-hybridized carbons (Fsp3) is 0.176. The summed E-state index contributed by atoms with van der Waals surface area (Å²) in [4.78, 5) is 22.7. The standard InChI is InChI=1S/C17H13N3O5/c21-16-7-18-19(15-4-2-1-3-14(15)16)8-11-5-13(20(22)23)6-12-9-24-10-25-17(11)12/h1-7H,8-10H2. The van der Waals surface area contributed by atoms with E-state index in [2.05, 4.69) is 5.10 Å². The van der Waals surface area contributed by atoms with Gasteiger partial charge in [-0.05, 0) is 12.1 Å². The lowest BCUT2D eigenvalue weighted by Gasteiger charge is -2.21. The Kier molecular flexibility index (Phi) is 3.66. The van der Waals surface area contributed by atoms with E-state index in [4.69, 9.17) is 9.47 Å². The lowest BCUT2D eigenvalue weighted by Crippen LogP contribution is -2.17. The second kappa shape index (κ2) is 5.99. The highest BCUT2D eigenvalue weighted by Gasteiger charge is 2.21. The zero-order valence-corrected chi connectivity index (χ0v) is 13.0. The van der Waals surface area contributed by atoms with Crippen molar-refractivity contribution in [3.63, 3.8) is 0 Å². The number of nitro groups is 1. The Morgan fingerprint density at radius 3 is 2.96 bits per heavy atom. The van der Waals surface area contributed by atoms with Gasteiger partial charge in [-0.2, -0.15) is 5.10 Å². The van der Waals surface area contributed by atoms with Gasteiger partial charge in [-0.1, -0.05) is 12.1 Å². The van der Waals surface area contributed by atoms with E-state index in [-0.39, 0.29) is 31.1 Å². The van der Waals surface area contributed by atoms with Gasteiger partial charge in [-0.25, -0.2) is 0 Å². The Morgan fingerprint density at radius 2 is 2.12 bits per heavy atom. The minimum Gasteiger partial charge on any atom is -0.467 e. The number of benzene rings is 2. The van der Waals surface area contributed by atoms with Crippen molar-refractivity contribution in [1.29, 1.82) is 0 Å². The predicted octanol–water partition coefficient (Wildman–Crippen LogP) is 2.22. The topological polar surface area (TPSA) is 96.5 Å². The predicted molar refractivity (Wildman–Crippen MR) is 88.5 cm³/mol. The number of hydrogen-bond donors (Lipinski definition) is 0. The third kappa shape index (κ3) is 2.72. The van der Waals surface area contributed by atoms with Crippen LogP contribution in [-0.2, 0) is 17.9 Å². The van der Waals surface area contributed by atoms with Crippen LogP contribution in [0.25, 0.3) is 10.9 Å². The summed E-state index contributed by atoms with van der Waals surface area (Å²) < 4.78 is 12.4. The molecule has 0 saturated heterocycles. The SMILES string of the molecule is O=c1cnn(Cc2cc([N+](=O)[O-])cc3c2OCOC3)c2ccccc12. The maximum absolute atomic E-state index is 12.0. The molecule has 0 fully saturated rings. The second-order valence-electron chi connectivity index (χ2n) is 5.64. The van der Waals surface area contributed by atoms with Gasteiger partial charge in [0.05, 0.1) is 29.8 Å². The van der Waals surface area contributed by atoms with Gasteiger partial charge in [-0.15, -0.1) is 0 Å². The molecule has 0 unspecified atom stereocenters. The van der Waals surface area contributed by atoms with Crippen LogP contribution in [0.15, 0.2) is 47.4 Å². The van der Waals surface area contributed by atoms with Gasteiger partial charge in [0.25, 0.3) is 5.69 Å². The molecule has 1 aromatic heterocycles. The molecule has 0 aliphatic carbocycles. The average molecular weight is 339 g/mol. The van der Waals surface area contributed by atoms with Crippen LogP contribution in [0.1, 0.15) is 11.1 Å². The van der Waals surface area contributed by atoms with Gasteiger partial charge >= 0.3 is 0 Å². The van der Waals surface area contributed by atoms with Gasteiger partial charge in [0.15, 0.2) is 6.79 Å². The number of ether oxygens (including phenoxy) is 2. The van der Waals surface area contributed by atoms with E-state index < -0.39 is 4.92 Å². The van der Waals surface area contributed by atoms with Crippen LogP contribution in [-0.4, -0.2) is 21.5 Å². The molecule has 1 aliphatic rings. The molecule has 4 rings (SSSR count). The molecule has 25 heavy (non-hydrogen) atoms. The van der Waals surface area contributed by atoms with Crippen molar-refractivity contribution >= 4 is 16.6 Å². The Hall–Kier alpha value is -3.26. The van der Waals surface area contributed by atoms with E-state index in [1.807, 2.05) is 6.07 Å². The first-order valence-electron chi connectivity index (χ1n) is 7.59. The first-order valence-corrected chi connectivity index (χ1v) is 7.59. The second-order valence-corrected chi connectivity index (χ2v) is 5.64. The van der Waals surface area contributed by atoms with Crippen molar-refractivity contribution < 1.29 is 14.4 Å². The summed E-state index contributed by atoms with van der Waals surface area (Å²) in [6, 6.07) is 10.0. The van der Waals surface area contributed by atoms with Crippen molar-refractivity contribution in [3.8, 4) is 5.75 Å². The first kappa shape index (κ1) is 15.3. The molecule has 3 aromatic rings. The van der Waals surface area contributed by atoms with E-state index in [1.54, 1.807) is 22.9 Å². The van der Waals surface area contributed by atoms with Gasteiger partial charge in [-0.3, -0.25) is 19.6 Å². The molecule has 0 N–H and O–H groups in total. The minimum atomic E-state index is -0.449. The van der Waals surface area contributed by atoms with Crippen LogP contribution >= 0.6 is 0 Å². The van der Waals surface area contributed by atoms with E-state index in [0.717, 1.165) is 0 Å². The van der Waals surface area contributed by atoms with Crippen molar-refractivity contribution in [3.05, 3.63) is 74.1 Å². The number of aromatic nitrogens is 2. The number of hydrogen-bond acceptors (Lipinski definition) is 6. The maximum Gasteiger partial charge on any atom is 0.270 e. The fourth-order valence-electron chi connectivity index (χ4n) is 2.95. The van der Waals surface area contributed by atoms with Gasteiger partial charge in [0, 0.05) is 28.6 Å². The van der Waals surface area contributed by atoms with Crippen LogP contribution in [0.3, 0.4) is 0 Å². The molecule has 0 amide bonds. The average Bonchev–Trinajstić information content (AvgIpc) is 2.64. The van der Waals surface area contributed by atoms with Crippen LogP contribution in [0.4, 0.5) is 5.69 Å². The number of fused-ring (bicyclic) bond motifs is 2. The number of rotatable bonds is 3. The molecular weight excluding hydrogens is 326 g/mol. The molecule has 0 atom stereocenters. The molecule has 1 aliphatic heterocycles. The fourth-order valence-corrected chi connectivity index (χ4v) is 2.95. The number of nitrogens with zero attached hydrogens (tertiary/aromatic N) is 3. The summed E-state index contributed by atoms with van der Waals surface area (Å²) in [5.41, 5.74) is 1.70. The Morgan fingerprint density at radius 1 is 1.28 bits per heavy atom. The molecule has 2 heterocycles. The van der Waals surface area contributed by atoms with Crippen molar-refractivity contribution in [1.82, 2.24) is 9.78 Å². The van der Waals surface area contributed by atoms with Crippen molar-refractivity contribution in [2.75, 3.05) is 6.79 Å². The quantitative estimate of drug-likeness (QED) is 0.536. The van der Waals surface area contributed by atoms with E-state index in [0.29, 0.717) is 27.8 Å². The zero-order valence-electron chi connectivity index (χ0n) is 13.0. The van der Waals surface area contributed by atoms with Gasteiger partial charge in [0.2, 0.25) is 5.43 Å². The molecule has 8 heteroatoms. The zero-order chi connectivity index (χ0) is 17.4. The highest BCUT2D eigenvalue weighted by atomic mass is 16.7. The maximum atomic E-state index is 12.0. The summed E-state index contributed by atoms with van der Waals surface area (Å²) in [7, 11) is 0. The van der Waals surface area contributed by atoms with Gasteiger partial charge < -0.3 is 9.47 Å². The smallest absolute Gasteiger partial charge is 0.270 e. The van der Waals surface area contributed by atoms with Crippen LogP contribution in [0.2, 0.25) is 0 Å². The first-order chi connectivity index (χ1) is 12.1. The van der Waals surface area contributed by atoms with Crippen LogP contribution in [0, 0.1) is 10.1 Å². The van der Waals surface area contributed by atoms with Crippen LogP contribution < -0.4 is 10.2 Å². The summed E-state index contributed by atoms with van der Waals surface area (Å²) in [5, 5.41) is 15.9. The third-order valence-electron chi connectivity index (χ3n) is 4.06. The number of para-hydroxylation sites is 1. The Labute approximate surface area is 141 Å². The molecule has 0 spiro atoms. The van der Waals surface area contributed by atoms with E-state index in [9.17, 15) is 14.9 Å². The Bertz CT molecular complexity index is 1040. The van der Waals surface area contributed by atoms with Crippen molar-refractivity contribution in [2.24, 2.45) is 0 Å². The normalized spacial score (nSPS) is 13.3. The highest BCUT2D eigenvalue weighted by molar-refractivity contribution is 5.78. The lowest BCUT2D eigenvalue weighted by molar-refractivity contribution is -0.385. The van der Waals surface area contributed by atoms with E-state index in [1.165, 1.54) is 18.3 Å². The molecular formula is C17H13N3O5. The largest absolute Gasteiger partial charge is 0.467 e. The molecule has 126 valence electrons. The molecule has 2 aromatic carbocycles. The molecule has 0 bridgehead atoms. The summed E-state index contributed by atoms with van der Waals surface area (Å²) in [6.07, 6.45) is 1.25. The number of non-ortho nitro benzene ring substituents is 1. The molecule has 8 nitrogen and oxygen atoms in total.